The normalized spacial score (nSPS) is 15.0. The summed E-state index contributed by atoms with van der Waals surface area (Å²) in [6.07, 6.45) is 8.86. The van der Waals surface area contributed by atoms with Crippen molar-refractivity contribution in [2.24, 2.45) is 5.92 Å². The molecule has 0 fully saturated rings. The number of anilines is 5. The fraction of sp³-hybridized carbons (Fsp3) is 0.333. The predicted octanol–water partition coefficient (Wildman–Crippen LogP) is 20.2. The summed E-state index contributed by atoms with van der Waals surface area (Å²) in [4.78, 5) is 7.71. The highest BCUT2D eigenvalue weighted by Gasteiger charge is 2.44. The van der Waals surface area contributed by atoms with E-state index in [2.05, 4.69) is 303 Å². The molecule has 0 aromatic heterocycles. The first kappa shape index (κ1) is 53.0. The highest BCUT2D eigenvalue weighted by molar-refractivity contribution is 5.84. The Hall–Kier alpha value is -6.84. The van der Waals surface area contributed by atoms with Crippen molar-refractivity contribution in [3.8, 4) is 11.1 Å². The molecule has 8 aromatic rings. The summed E-state index contributed by atoms with van der Waals surface area (Å²) in [6.45, 7) is 26.4. The fourth-order valence-corrected chi connectivity index (χ4v) is 13.1. The number of unbranched alkanes of at least 4 members (excludes halogenated alkanes) is 4. The lowest BCUT2D eigenvalue weighted by molar-refractivity contribution is 0.350. The molecule has 0 saturated carbocycles. The molecule has 0 saturated heterocycles. The van der Waals surface area contributed by atoms with Crippen LogP contribution in [0.1, 0.15) is 154 Å². The molecule has 0 spiro atoms. The van der Waals surface area contributed by atoms with Gasteiger partial charge in [0.2, 0.25) is 0 Å². The smallest absolute Gasteiger partial charge is 0.0646 e. The van der Waals surface area contributed by atoms with E-state index in [-0.39, 0.29) is 22.0 Å². The van der Waals surface area contributed by atoms with Gasteiger partial charge in [0.15, 0.2) is 0 Å². The molecule has 0 aliphatic heterocycles. The Labute approximate surface area is 452 Å². The van der Waals surface area contributed by atoms with E-state index in [1.54, 1.807) is 0 Å². The van der Waals surface area contributed by atoms with Crippen molar-refractivity contribution in [1.82, 2.24) is 0 Å². The average molecular weight is 990 g/mol. The van der Waals surface area contributed by atoms with E-state index in [1.807, 2.05) is 0 Å². The molecule has 9 rings (SSSR count). The Morgan fingerprint density at radius 3 is 1.24 bits per heavy atom. The number of nitrogens with zero attached hydrogens (tertiary/aromatic N) is 3. The lowest BCUT2D eigenvalue weighted by atomic mass is 9.72. The predicted molar refractivity (Wildman–Crippen MR) is 323 cm³/mol. The van der Waals surface area contributed by atoms with Crippen LogP contribution in [0, 0.1) is 5.92 Å². The molecule has 386 valence electrons. The third-order valence-corrected chi connectivity index (χ3v) is 17.1. The fourth-order valence-electron chi connectivity index (χ4n) is 13.1. The van der Waals surface area contributed by atoms with Crippen LogP contribution in [0.25, 0.3) is 11.1 Å². The molecule has 1 aliphatic carbocycles. The summed E-state index contributed by atoms with van der Waals surface area (Å²) >= 11 is 0. The molecular weight excluding hydrogens is 907 g/mol. The number of hydrogen-bond acceptors (Lipinski definition) is 3. The maximum atomic E-state index is 2.60. The zero-order valence-corrected chi connectivity index (χ0v) is 47.1. The summed E-state index contributed by atoms with van der Waals surface area (Å²) in [7, 11) is 0. The van der Waals surface area contributed by atoms with Crippen LogP contribution < -0.4 is 14.7 Å². The molecule has 0 amide bonds. The maximum absolute atomic E-state index is 2.60. The summed E-state index contributed by atoms with van der Waals surface area (Å²) in [5.41, 5.74) is 15.0. The van der Waals surface area contributed by atoms with Crippen LogP contribution in [0.5, 0.6) is 0 Å². The number of hydrogen-bond donors (Lipinski definition) is 0. The van der Waals surface area contributed by atoms with Crippen LogP contribution in [0.4, 0.5) is 28.4 Å². The van der Waals surface area contributed by atoms with E-state index in [0.717, 1.165) is 6.42 Å². The molecular formula is C72H83N3. The Balaban J connectivity index is 1.12. The Kier molecular flexibility index (Phi) is 15.4. The standard InChI is InChI=1S/C72H83N3/c1-12-13-14-15-21-32-54(2)53-72(11)66-51-58(69(5,6)73(59-35-24-17-25-36-59)60-37-26-18-27-38-60)47-49-64(66)65-50-48-63(52-67(65)72)74(61-39-28-19-29-40-61)68(3,4)56-43-45-57(46-44-56)71(9,10)75(62-41-30-20-31-42-62)70(7,8)55-33-22-16-23-34-55/h16-20,22-31,33-52,54H,12-15,21,32,53H2,1-11H3. The molecule has 0 bridgehead atoms. The van der Waals surface area contributed by atoms with Crippen molar-refractivity contribution in [2.45, 2.75) is 149 Å². The van der Waals surface area contributed by atoms with Crippen LogP contribution in [-0.2, 0) is 27.6 Å². The molecule has 2 unspecified atom stereocenters. The lowest BCUT2D eigenvalue weighted by Crippen LogP contribution is -2.52. The molecule has 0 N–H and O–H groups in total. The molecule has 0 radical (unpaired) electrons. The van der Waals surface area contributed by atoms with Gasteiger partial charge in [0.25, 0.3) is 0 Å². The minimum Gasteiger partial charge on any atom is -0.353 e. The van der Waals surface area contributed by atoms with Gasteiger partial charge in [-0.25, -0.2) is 0 Å². The summed E-state index contributed by atoms with van der Waals surface area (Å²) < 4.78 is 0. The van der Waals surface area contributed by atoms with Gasteiger partial charge in [0.05, 0.1) is 22.2 Å². The SMILES string of the molecule is CCCCCCCC(C)CC1(C)c2cc(N(c3ccccc3)C(C)(C)c3ccc(C(C)(C)N(c4ccccc4)C(C)(C)c4ccccc4)cc3)ccc2-c2ccc(C(C)(C)N(c3ccccc3)c3ccccc3)cc21. The molecule has 0 heterocycles. The number of benzene rings is 8. The Morgan fingerprint density at radius 2 is 0.747 bits per heavy atom. The molecule has 3 nitrogen and oxygen atoms in total. The summed E-state index contributed by atoms with van der Waals surface area (Å²) in [5.74, 6) is 0.557. The van der Waals surface area contributed by atoms with Crippen molar-refractivity contribution in [1.29, 1.82) is 0 Å². The van der Waals surface area contributed by atoms with E-state index in [1.165, 1.54) is 111 Å². The first-order valence-corrected chi connectivity index (χ1v) is 28.1. The van der Waals surface area contributed by atoms with Gasteiger partial charge in [-0.15, -0.1) is 0 Å². The summed E-state index contributed by atoms with van der Waals surface area (Å²) in [5, 5.41) is 0. The van der Waals surface area contributed by atoms with Crippen molar-refractivity contribution in [2.75, 3.05) is 14.7 Å². The van der Waals surface area contributed by atoms with E-state index in [4.69, 9.17) is 0 Å². The zero-order chi connectivity index (χ0) is 53.0. The number of para-hydroxylation sites is 4. The lowest BCUT2D eigenvalue weighted by Gasteiger charge is -2.51. The molecule has 75 heavy (non-hydrogen) atoms. The quantitative estimate of drug-likeness (QED) is 0.0664. The first-order valence-electron chi connectivity index (χ1n) is 28.1. The number of fused-ring (bicyclic) bond motifs is 3. The largest absolute Gasteiger partial charge is 0.353 e. The van der Waals surface area contributed by atoms with Gasteiger partial charge in [-0.2, -0.15) is 0 Å². The van der Waals surface area contributed by atoms with E-state index >= 15 is 0 Å². The Morgan fingerprint density at radius 1 is 0.373 bits per heavy atom. The zero-order valence-electron chi connectivity index (χ0n) is 47.1. The van der Waals surface area contributed by atoms with Crippen molar-refractivity contribution in [3.05, 3.63) is 246 Å². The van der Waals surface area contributed by atoms with Gasteiger partial charge in [-0.05, 0) is 173 Å². The van der Waals surface area contributed by atoms with E-state index in [0.29, 0.717) is 5.92 Å². The van der Waals surface area contributed by atoms with Crippen molar-refractivity contribution < 1.29 is 0 Å². The van der Waals surface area contributed by atoms with Crippen LogP contribution in [0.15, 0.2) is 212 Å². The second-order valence-electron chi connectivity index (χ2n) is 23.9. The molecule has 3 heteroatoms. The first-order chi connectivity index (χ1) is 36.0. The maximum Gasteiger partial charge on any atom is 0.0646 e. The molecule has 8 aromatic carbocycles. The van der Waals surface area contributed by atoms with Gasteiger partial charge >= 0.3 is 0 Å². The van der Waals surface area contributed by atoms with Crippen molar-refractivity contribution in [3.63, 3.8) is 0 Å². The van der Waals surface area contributed by atoms with Gasteiger partial charge in [-0.3, -0.25) is 0 Å². The second kappa shape index (κ2) is 21.8. The summed E-state index contributed by atoms with van der Waals surface area (Å²) in [6, 6.07) is 79.2. The van der Waals surface area contributed by atoms with Gasteiger partial charge in [0.1, 0.15) is 0 Å². The highest BCUT2D eigenvalue weighted by atomic mass is 15.3. The second-order valence-corrected chi connectivity index (χ2v) is 23.9. The van der Waals surface area contributed by atoms with E-state index in [9.17, 15) is 0 Å². The third kappa shape index (κ3) is 10.5. The Bertz CT molecular complexity index is 3060. The minimum absolute atomic E-state index is 0.211. The van der Waals surface area contributed by atoms with Gasteiger partial charge in [-0.1, -0.05) is 211 Å². The average Bonchev–Trinajstić information content (AvgIpc) is 3.68. The van der Waals surface area contributed by atoms with Gasteiger partial charge in [0, 0.05) is 33.9 Å². The third-order valence-electron chi connectivity index (χ3n) is 17.1. The molecule has 2 atom stereocenters. The monoisotopic (exact) mass is 990 g/mol. The minimum atomic E-state index is -0.427. The highest BCUT2D eigenvalue weighted by Crippen LogP contribution is 2.56. The van der Waals surface area contributed by atoms with E-state index < -0.39 is 5.54 Å². The van der Waals surface area contributed by atoms with Crippen molar-refractivity contribution >= 4 is 28.4 Å². The van der Waals surface area contributed by atoms with Crippen LogP contribution >= 0.6 is 0 Å². The number of rotatable bonds is 21. The van der Waals surface area contributed by atoms with Crippen LogP contribution in [-0.4, -0.2) is 0 Å². The van der Waals surface area contributed by atoms with Gasteiger partial charge < -0.3 is 14.7 Å². The van der Waals surface area contributed by atoms with Crippen LogP contribution in [0.3, 0.4) is 0 Å². The molecule has 1 aliphatic rings. The van der Waals surface area contributed by atoms with Crippen LogP contribution in [0.2, 0.25) is 0 Å². The topological polar surface area (TPSA) is 9.72 Å².